The van der Waals surface area contributed by atoms with Gasteiger partial charge in [-0.15, -0.1) is 6.58 Å². The van der Waals surface area contributed by atoms with Crippen molar-refractivity contribution >= 4 is 0 Å². The molecule has 0 bridgehead atoms. The van der Waals surface area contributed by atoms with E-state index in [9.17, 15) is 0 Å². The molecule has 2 heteroatoms. The summed E-state index contributed by atoms with van der Waals surface area (Å²) in [6, 6.07) is 10.3. The van der Waals surface area contributed by atoms with Crippen LogP contribution in [0.25, 0.3) is 0 Å². The topological polar surface area (TPSA) is 29.3 Å². The van der Waals surface area contributed by atoms with E-state index in [-0.39, 0.29) is 5.54 Å². The van der Waals surface area contributed by atoms with Gasteiger partial charge in [0.2, 0.25) is 0 Å². The van der Waals surface area contributed by atoms with Gasteiger partial charge < -0.3 is 5.73 Å². The third kappa shape index (κ3) is 4.33. The molecule has 17 heavy (non-hydrogen) atoms. The van der Waals surface area contributed by atoms with Crippen molar-refractivity contribution in [2.45, 2.75) is 25.8 Å². The van der Waals surface area contributed by atoms with E-state index < -0.39 is 0 Å². The van der Waals surface area contributed by atoms with Crippen molar-refractivity contribution in [3.05, 3.63) is 48.6 Å². The molecule has 0 amide bonds. The molecule has 0 aromatic heterocycles. The molecule has 1 aromatic rings. The van der Waals surface area contributed by atoms with Gasteiger partial charge in [0, 0.05) is 13.1 Å². The van der Waals surface area contributed by atoms with Gasteiger partial charge in [0.1, 0.15) is 0 Å². The minimum Gasteiger partial charge on any atom is -0.321 e. The molecule has 0 fully saturated rings. The van der Waals surface area contributed by atoms with Crippen LogP contribution in [0.4, 0.5) is 0 Å². The van der Waals surface area contributed by atoms with Crippen LogP contribution in [0.1, 0.15) is 25.8 Å². The van der Waals surface area contributed by atoms with Gasteiger partial charge in [0.15, 0.2) is 0 Å². The zero-order valence-corrected chi connectivity index (χ0v) is 11.0. The molecule has 0 aliphatic rings. The molecule has 1 unspecified atom stereocenters. The second-order valence-electron chi connectivity index (χ2n) is 4.81. The SMILES string of the molecule is C=CCN(CCC)CC(C)(N)c1ccccc1. The van der Waals surface area contributed by atoms with Crippen LogP contribution >= 0.6 is 0 Å². The largest absolute Gasteiger partial charge is 0.321 e. The first-order valence-corrected chi connectivity index (χ1v) is 6.28. The Hall–Kier alpha value is -1.12. The summed E-state index contributed by atoms with van der Waals surface area (Å²) in [6.45, 7) is 10.9. The lowest BCUT2D eigenvalue weighted by Gasteiger charge is -2.32. The summed E-state index contributed by atoms with van der Waals surface area (Å²) in [5.41, 5.74) is 7.30. The van der Waals surface area contributed by atoms with Gasteiger partial charge in [-0.1, -0.05) is 43.3 Å². The standard InChI is InChI=1S/C15H24N2/c1-4-11-17(12-5-2)13-15(3,16)14-9-7-6-8-10-14/h4,6-10H,1,5,11-13,16H2,2-3H3. The fourth-order valence-corrected chi connectivity index (χ4v) is 2.11. The van der Waals surface area contributed by atoms with Crippen molar-refractivity contribution < 1.29 is 0 Å². The summed E-state index contributed by atoms with van der Waals surface area (Å²) in [7, 11) is 0. The van der Waals surface area contributed by atoms with Crippen molar-refractivity contribution in [3.63, 3.8) is 0 Å². The Kier molecular flexibility index (Phi) is 5.39. The van der Waals surface area contributed by atoms with E-state index in [0.29, 0.717) is 0 Å². The highest BCUT2D eigenvalue weighted by atomic mass is 15.1. The zero-order valence-electron chi connectivity index (χ0n) is 11.0. The van der Waals surface area contributed by atoms with Gasteiger partial charge in [-0.2, -0.15) is 0 Å². The quantitative estimate of drug-likeness (QED) is 0.732. The molecule has 1 aromatic carbocycles. The average Bonchev–Trinajstić information content (AvgIpc) is 2.30. The van der Waals surface area contributed by atoms with Gasteiger partial charge in [-0.3, -0.25) is 4.90 Å². The maximum Gasteiger partial charge on any atom is 0.0510 e. The highest BCUT2D eigenvalue weighted by molar-refractivity contribution is 5.23. The van der Waals surface area contributed by atoms with Crippen molar-refractivity contribution in [2.75, 3.05) is 19.6 Å². The smallest absolute Gasteiger partial charge is 0.0510 e. The Morgan fingerprint density at radius 2 is 2.00 bits per heavy atom. The van der Waals surface area contributed by atoms with E-state index in [0.717, 1.165) is 26.1 Å². The molecule has 0 saturated carbocycles. The van der Waals surface area contributed by atoms with Crippen LogP contribution in [-0.2, 0) is 5.54 Å². The number of nitrogens with two attached hydrogens (primary N) is 1. The van der Waals surface area contributed by atoms with Gasteiger partial charge in [-0.05, 0) is 25.5 Å². The number of nitrogens with zero attached hydrogens (tertiary/aromatic N) is 1. The van der Waals surface area contributed by atoms with Gasteiger partial charge >= 0.3 is 0 Å². The molecule has 0 heterocycles. The van der Waals surface area contributed by atoms with Gasteiger partial charge in [-0.25, -0.2) is 0 Å². The Morgan fingerprint density at radius 3 is 2.53 bits per heavy atom. The molecule has 2 nitrogen and oxygen atoms in total. The van der Waals surface area contributed by atoms with Crippen LogP contribution in [0.5, 0.6) is 0 Å². The highest BCUT2D eigenvalue weighted by Crippen LogP contribution is 2.18. The Labute approximate surface area is 105 Å². The predicted molar refractivity (Wildman–Crippen MR) is 74.9 cm³/mol. The molecule has 2 N–H and O–H groups in total. The molecule has 0 aliphatic carbocycles. The van der Waals surface area contributed by atoms with Crippen LogP contribution < -0.4 is 5.73 Å². The third-order valence-electron chi connectivity index (χ3n) is 2.91. The third-order valence-corrected chi connectivity index (χ3v) is 2.91. The fraction of sp³-hybridized carbons (Fsp3) is 0.467. The molecule has 0 aliphatic heterocycles. The average molecular weight is 232 g/mol. The molecule has 0 spiro atoms. The first-order chi connectivity index (χ1) is 8.10. The molecule has 94 valence electrons. The number of benzene rings is 1. The lowest BCUT2D eigenvalue weighted by Crippen LogP contribution is -2.45. The summed E-state index contributed by atoms with van der Waals surface area (Å²) >= 11 is 0. The summed E-state index contributed by atoms with van der Waals surface area (Å²) in [6.07, 6.45) is 3.08. The number of rotatable bonds is 7. The molecule has 1 atom stereocenters. The Bertz CT molecular complexity index is 330. The van der Waals surface area contributed by atoms with Crippen molar-refractivity contribution in [2.24, 2.45) is 5.73 Å². The summed E-state index contributed by atoms with van der Waals surface area (Å²) < 4.78 is 0. The minimum absolute atomic E-state index is 0.306. The van der Waals surface area contributed by atoms with Crippen LogP contribution in [0, 0.1) is 0 Å². The molecule has 0 radical (unpaired) electrons. The number of hydrogen-bond acceptors (Lipinski definition) is 2. The molecular weight excluding hydrogens is 208 g/mol. The van der Waals surface area contributed by atoms with Crippen molar-refractivity contribution in [3.8, 4) is 0 Å². The Morgan fingerprint density at radius 1 is 1.35 bits per heavy atom. The zero-order chi connectivity index (χ0) is 12.7. The van der Waals surface area contributed by atoms with Crippen LogP contribution in [0.2, 0.25) is 0 Å². The summed E-state index contributed by atoms with van der Waals surface area (Å²) in [4.78, 5) is 2.35. The molecular formula is C15H24N2. The van der Waals surface area contributed by atoms with E-state index in [1.54, 1.807) is 0 Å². The second kappa shape index (κ2) is 6.58. The normalized spacial score (nSPS) is 14.6. The van der Waals surface area contributed by atoms with Crippen LogP contribution in [-0.4, -0.2) is 24.5 Å². The van der Waals surface area contributed by atoms with E-state index in [2.05, 4.69) is 37.5 Å². The summed E-state index contributed by atoms with van der Waals surface area (Å²) in [5, 5.41) is 0. The molecule has 1 rings (SSSR count). The lowest BCUT2D eigenvalue weighted by atomic mass is 9.92. The highest BCUT2D eigenvalue weighted by Gasteiger charge is 2.23. The molecule has 0 saturated heterocycles. The monoisotopic (exact) mass is 232 g/mol. The first-order valence-electron chi connectivity index (χ1n) is 6.28. The summed E-state index contributed by atoms with van der Waals surface area (Å²) in [5.74, 6) is 0. The number of hydrogen-bond donors (Lipinski definition) is 1. The van der Waals surface area contributed by atoms with E-state index >= 15 is 0 Å². The first kappa shape index (κ1) is 13.9. The maximum absolute atomic E-state index is 6.42. The Balaban J connectivity index is 2.72. The van der Waals surface area contributed by atoms with Crippen LogP contribution in [0.15, 0.2) is 43.0 Å². The van der Waals surface area contributed by atoms with Crippen molar-refractivity contribution in [1.82, 2.24) is 4.90 Å². The predicted octanol–water partition coefficient (Wildman–Crippen LogP) is 2.76. The maximum atomic E-state index is 6.42. The lowest BCUT2D eigenvalue weighted by molar-refractivity contribution is 0.237. The van der Waals surface area contributed by atoms with E-state index in [4.69, 9.17) is 5.73 Å². The van der Waals surface area contributed by atoms with E-state index in [1.165, 1.54) is 5.56 Å². The second-order valence-corrected chi connectivity index (χ2v) is 4.81. The fourth-order valence-electron chi connectivity index (χ4n) is 2.11. The van der Waals surface area contributed by atoms with E-state index in [1.807, 2.05) is 24.3 Å². The minimum atomic E-state index is -0.306. The van der Waals surface area contributed by atoms with Gasteiger partial charge in [0.05, 0.1) is 5.54 Å². The van der Waals surface area contributed by atoms with Crippen molar-refractivity contribution in [1.29, 1.82) is 0 Å². The van der Waals surface area contributed by atoms with Gasteiger partial charge in [0.25, 0.3) is 0 Å². The van der Waals surface area contributed by atoms with Crippen LogP contribution in [0.3, 0.4) is 0 Å².